The van der Waals surface area contributed by atoms with Crippen LogP contribution in [0.2, 0.25) is 0 Å². The van der Waals surface area contributed by atoms with Gasteiger partial charge in [0, 0.05) is 37.0 Å². The molecule has 5 rings (SSSR count). The minimum Gasteiger partial charge on any atom is -0.496 e. The maximum atomic E-state index is 12.9. The molecule has 1 saturated heterocycles. The first-order valence-corrected chi connectivity index (χ1v) is 10.1. The van der Waals surface area contributed by atoms with E-state index in [0.29, 0.717) is 17.1 Å². The zero-order chi connectivity index (χ0) is 21.5. The monoisotopic (exact) mass is 417 g/mol. The first-order chi connectivity index (χ1) is 15.1. The third-order valence-electron chi connectivity index (χ3n) is 5.82. The van der Waals surface area contributed by atoms with Gasteiger partial charge in [0.15, 0.2) is 0 Å². The number of hydrogen-bond acceptors (Lipinski definition) is 5. The van der Waals surface area contributed by atoms with Crippen molar-refractivity contribution in [1.82, 2.24) is 24.6 Å². The number of aromatic amines is 1. The third-order valence-corrected chi connectivity index (χ3v) is 5.82. The number of fused-ring (bicyclic) bond motifs is 1. The van der Waals surface area contributed by atoms with Crippen molar-refractivity contribution in [3.05, 3.63) is 54.1 Å². The molecule has 0 atom stereocenters. The summed E-state index contributed by atoms with van der Waals surface area (Å²) in [7, 11) is 3.13. The summed E-state index contributed by atoms with van der Waals surface area (Å²) in [5.41, 5.74) is 6.10. The summed E-state index contributed by atoms with van der Waals surface area (Å²) in [6, 6.07) is 9.83. The number of likely N-dealkylation sites (tertiary alicyclic amines) is 1. The summed E-state index contributed by atoms with van der Waals surface area (Å²) in [4.78, 5) is 19.3. The second-order valence-electron chi connectivity index (χ2n) is 7.57. The molecular weight excluding hydrogens is 394 g/mol. The van der Waals surface area contributed by atoms with Crippen molar-refractivity contribution in [2.24, 2.45) is 0 Å². The molecule has 0 saturated carbocycles. The van der Waals surface area contributed by atoms with E-state index in [1.807, 2.05) is 42.0 Å². The number of imidazole rings is 1. The van der Waals surface area contributed by atoms with Gasteiger partial charge in [0.25, 0.3) is 5.91 Å². The Balaban J connectivity index is 1.59. The van der Waals surface area contributed by atoms with Crippen molar-refractivity contribution < 1.29 is 14.3 Å². The number of hydrogen-bond donors (Lipinski definition) is 1. The van der Waals surface area contributed by atoms with Crippen molar-refractivity contribution in [3.63, 3.8) is 0 Å². The summed E-state index contributed by atoms with van der Waals surface area (Å²) < 4.78 is 13.1. The largest absolute Gasteiger partial charge is 0.496 e. The molecule has 0 aliphatic carbocycles. The highest BCUT2D eigenvalue weighted by molar-refractivity contribution is 6.00. The molecule has 2 aromatic heterocycles. The first kappa shape index (κ1) is 19.2. The van der Waals surface area contributed by atoms with Crippen LogP contribution < -0.4 is 9.47 Å². The number of nitrogens with one attached hydrogen (secondary N) is 1. The van der Waals surface area contributed by atoms with Crippen LogP contribution in [0.4, 0.5) is 0 Å². The molecule has 8 nitrogen and oxygen atoms in total. The number of methoxy groups -OCH3 is 2. The van der Waals surface area contributed by atoms with Gasteiger partial charge in [-0.1, -0.05) is 6.07 Å². The molecular formula is C23H23N5O3. The Morgan fingerprint density at radius 3 is 2.42 bits per heavy atom. The average molecular weight is 417 g/mol. The van der Waals surface area contributed by atoms with Gasteiger partial charge in [-0.2, -0.15) is 5.10 Å². The lowest BCUT2D eigenvalue weighted by Crippen LogP contribution is -2.42. The Labute approximate surface area is 179 Å². The smallest absolute Gasteiger partial charge is 0.261 e. The Kier molecular flexibility index (Phi) is 4.62. The number of amides is 1. The summed E-state index contributed by atoms with van der Waals surface area (Å²) in [6.07, 6.45) is 4.68. The number of nitrogens with zero attached hydrogens (tertiary/aromatic N) is 4. The maximum Gasteiger partial charge on any atom is 0.261 e. The van der Waals surface area contributed by atoms with Crippen LogP contribution in [0.15, 0.2) is 42.9 Å². The van der Waals surface area contributed by atoms with Gasteiger partial charge in [0.1, 0.15) is 23.4 Å². The molecule has 4 aromatic rings. The molecule has 8 heteroatoms. The van der Waals surface area contributed by atoms with Crippen molar-refractivity contribution in [2.75, 3.05) is 27.3 Å². The third kappa shape index (κ3) is 3.11. The molecule has 158 valence electrons. The highest BCUT2D eigenvalue weighted by atomic mass is 16.5. The van der Waals surface area contributed by atoms with Crippen LogP contribution in [0, 0.1) is 6.92 Å². The average Bonchev–Trinajstić information content (AvgIpc) is 3.36. The van der Waals surface area contributed by atoms with Crippen molar-refractivity contribution in [3.8, 4) is 28.3 Å². The molecule has 0 bridgehead atoms. The number of H-pyrrole nitrogens is 1. The number of ether oxygens (including phenoxy) is 2. The van der Waals surface area contributed by atoms with Crippen LogP contribution in [0.3, 0.4) is 0 Å². The lowest BCUT2D eigenvalue weighted by Gasteiger charge is -2.31. The van der Waals surface area contributed by atoms with E-state index in [-0.39, 0.29) is 5.91 Å². The lowest BCUT2D eigenvalue weighted by atomic mass is 10.1. The molecule has 1 aliphatic rings. The predicted molar refractivity (Wildman–Crippen MR) is 117 cm³/mol. The van der Waals surface area contributed by atoms with E-state index in [1.54, 1.807) is 25.4 Å². The van der Waals surface area contributed by atoms with Crippen molar-refractivity contribution in [1.29, 1.82) is 0 Å². The molecule has 1 amide bonds. The lowest BCUT2D eigenvalue weighted by molar-refractivity contribution is 0.0645. The standard InChI is InChI=1S/C23H23N5O3/c1-14-17(12-25-26-14)15-5-6-19-18(9-15)24-13-28(19)16-10-20(30-2)22(21(11-16)31-3)23(29)27-7-4-8-27/h5-6,9-13H,4,7-8H2,1-3H3,(H,25,26). The van der Waals surface area contributed by atoms with Crippen LogP contribution in [-0.4, -0.2) is 57.9 Å². The highest BCUT2D eigenvalue weighted by Crippen LogP contribution is 2.35. The van der Waals surface area contributed by atoms with Crippen LogP contribution in [-0.2, 0) is 0 Å². The SMILES string of the molecule is COc1cc(-n2cnc3cc(-c4c[nH]nc4C)ccc32)cc(OC)c1C(=O)N1CCC1. The van der Waals surface area contributed by atoms with E-state index in [4.69, 9.17) is 9.47 Å². The number of benzene rings is 2. The van der Waals surface area contributed by atoms with Gasteiger partial charge in [0.2, 0.25) is 0 Å². The second-order valence-corrected chi connectivity index (χ2v) is 7.57. The normalized spacial score (nSPS) is 13.3. The summed E-state index contributed by atoms with van der Waals surface area (Å²) in [6.45, 7) is 3.49. The molecule has 1 fully saturated rings. The summed E-state index contributed by atoms with van der Waals surface area (Å²) >= 11 is 0. The molecule has 1 N–H and O–H groups in total. The quantitative estimate of drug-likeness (QED) is 0.536. The minimum atomic E-state index is -0.0675. The van der Waals surface area contributed by atoms with Gasteiger partial charge in [-0.05, 0) is 31.0 Å². The Morgan fingerprint density at radius 2 is 1.84 bits per heavy atom. The van der Waals surface area contributed by atoms with Crippen molar-refractivity contribution in [2.45, 2.75) is 13.3 Å². The second kappa shape index (κ2) is 7.46. The zero-order valence-electron chi connectivity index (χ0n) is 17.7. The maximum absolute atomic E-state index is 12.9. The number of carbonyl (C=O) groups is 1. The number of carbonyl (C=O) groups excluding carboxylic acids is 1. The zero-order valence-corrected chi connectivity index (χ0v) is 17.7. The van der Waals surface area contributed by atoms with E-state index < -0.39 is 0 Å². The van der Waals surface area contributed by atoms with Gasteiger partial charge in [-0.25, -0.2) is 4.98 Å². The first-order valence-electron chi connectivity index (χ1n) is 10.1. The molecule has 2 aromatic carbocycles. The fraction of sp³-hybridized carbons (Fsp3) is 0.261. The van der Waals surface area contributed by atoms with E-state index in [1.165, 1.54) is 0 Å². The van der Waals surface area contributed by atoms with Crippen molar-refractivity contribution >= 4 is 16.9 Å². The van der Waals surface area contributed by atoms with Crippen LogP contribution in [0.5, 0.6) is 11.5 Å². The Bertz CT molecular complexity index is 1260. The highest BCUT2D eigenvalue weighted by Gasteiger charge is 2.28. The Hall–Kier alpha value is -3.81. The fourth-order valence-corrected chi connectivity index (χ4v) is 3.96. The topological polar surface area (TPSA) is 85.3 Å². The van der Waals surface area contributed by atoms with E-state index in [0.717, 1.165) is 53.1 Å². The molecule has 31 heavy (non-hydrogen) atoms. The van der Waals surface area contributed by atoms with Gasteiger partial charge < -0.3 is 14.4 Å². The van der Waals surface area contributed by atoms with E-state index >= 15 is 0 Å². The number of aromatic nitrogens is 4. The minimum absolute atomic E-state index is 0.0675. The van der Waals surface area contributed by atoms with Gasteiger partial charge in [-0.3, -0.25) is 14.5 Å². The number of aryl methyl sites for hydroxylation is 1. The van der Waals surface area contributed by atoms with Crippen LogP contribution >= 0.6 is 0 Å². The van der Waals surface area contributed by atoms with Gasteiger partial charge in [-0.15, -0.1) is 0 Å². The number of rotatable bonds is 5. The van der Waals surface area contributed by atoms with Crippen LogP contribution in [0.25, 0.3) is 27.8 Å². The molecule has 0 unspecified atom stereocenters. The summed E-state index contributed by atoms with van der Waals surface area (Å²) in [5, 5.41) is 7.10. The molecule has 1 aliphatic heterocycles. The van der Waals surface area contributed by atoms with Gasteiger partial charge in [0.05, 0.1) is 36.6 Å². The molecule has 0 spiro atoms. The summed E-state index contributed by atoms with van der Waals surface area (Å²) in [5.74, 6) is 0.902. The predicted octanol–water partition coefficient (Wildman–Crippen LogP) is 3.59. The van der Waals surface area contributed by atoms with Gasteiger partial charge >= 0.3 is 0 Å². The van der Waals surface area contributed by atoms with E-state index in [9.17, 15) is 4.79 Å². The van der Waals surface area contributed by atoms with Crippen LogP contribution in [0.1, 0.15) is 22.5 Å². The molecule has 0 radical (unpaired) electrons. The Morgan fingerprint density at radius 1 is 1.10 bits per heavy atom. The molecule has 3 heterocycles. The fourth-order valence-electron chi connectivity index (χ4n) is 3.96. The van der Waals surface area contributed by atoms with E-state index in [2.05, 4.69) is 21.2 Å².